The lowest BCUT2D eigenvalue weighted by Crippen LogP contribution is -2.65. The van der Waals surface area contributed by atoms with Gasteiger partial charge in [-0.25, -0.2) is 4.79 Å². The lowest BCUT2D eigenvalue weighted by atomic mass is 9.56. The Balaban J connectivity index is 1.36. The molecule has 5 atom stereocenters. The van der Waals surface area contributed by atoms with Crippen LogP contribution in [0.1, 0.15) is 49.7 Å². The fraction of sp³-hybridized carbons (Fsp3) is 0.667. The zero-order valence-corrected chi connectivity index (χ0v) is 17.5. The monoisotopic (exact) mass is 407 g/mol. The van der Waals surface area contributed by atoms with E-state index in [-0.39, 0.29) is 17.4 Å². The third-order valence-corrected chi connectivity index (χ3v) is 9.40. The van der Waals surface area contributed by atoms with Gasteiger partial charge in [0.2, 0.25) is 0 Å². The van der Waals surface area contributed by atoms with Crippen molar-refractivity contribution in [3.8, 4) is 5.75 Å². The minimum Gasteiger partial charge on any atom is -0.497 e. The van der Waals surface area contributed by atoms with E-state index in [1.54, 1.807) is 7.11 Å². The summed E-state index contributed by atoms with van der Waals surface area (Å²) in [5, 5.41) is 5.58. The Morgan fingerprint density at radius 3 is 2.80 bits per heavy atom. The summed E-state index contributed by atoms with van der Waals surface area (Å²) in [6.07, 6.45) is 7.52. The smallest absolute Gasteiger partial charge is 0.322 e. The van der Waals surface area contributed by atoms with E-state index in [1.165, 1.54) is 37.1 Å². The minimum atomic E-state index is -0.752. The normalized spacial score (nSPS) is 43.4. The number of amides is 3. The number of hydrogen-bond acceptors (Lipinski definition) is 4. The lowest BCUT2D eigenvalue weighted by Gasteiger charge is -2.57. The molecule has 3 spiro atoms. The van der Waals surface area contributed by atoms with Crippen LogP contribution >= 0.6 is 0 Å². The first-order valence-electron chi connectivity index (χ1n) is 11.5. The highest BCUT2D eigenvalue weighted by Gasteiger charge is 2.73. The molecule has 1 aromatic carbocycles. The zero-order valence-electron chi connectivity index (χ0n) is 17.5. The summed E-state index contributed by atoms with van der Waals surface area (Å²) in [7, 11) is 1.73. The van der Waals surface area contributed by atoms with Crippen molar-refractivity contribution in [3.05, 3.63) is 29.3 Å². The number of ether oxygens (including phenoxy) is 1. The van der Waals surface area contributed by atoms with Crippen molar-refractivity contribution < 1.29 is 14.3 Å². The Labute approximate surface area is 176 Å². The molecule has 0 aromatic heterocycles. The number of nitrogens with one attached hydrogen (secondary N) is 2. The summed E-state index contributed by atoms with van der Waals surface area (Å²) in [6, 6.07) is 6.87. The number of fused-ring (bicyclic) bond motifs is 2. The molecule has 0 radical (unpaired) electrons. The van der Waals surface area contributed by atoms with Crippen molar-refractivity contribution in [1.82, 2.24) is 15.5 Å². The highest BCUT2D eigenvalue weighted by atomic mass is 16.5. The molecule has 3 amide bonds. The van der Waals surface area contributed by atoms with Gasteiger partial charge in [0.05, 0.1) is 7.11 Å². The van der Waals surface area contributed by atoms with E-state index in [2.05, 4.69) is 33.7 Å². The average molecular weight is 408 g/mol. The van der Waals surface area contributed by atoms with Gasteiger partial charge in [-0.15, -0.1) is 0 Å². The van der Waals surface area contributed by atoms with Gasteiger partial charge >= 0.3 is 6.03 Å². The molecule has 158 valence electrons. The Bertz CT molecular complexity index is 990. The van der Waals surface area contributed by atoms with Crippen LogP contribution in [0.5, 0.6) is 5.75 Å². The van der Waals surface area contributed by atoms with Gasteiger partial charge in [0.1, 0.15) is 11.3 Å². The van der Waals surface area contributed by atoms with E-state index < -0.39 is 5.54 Å². The molecule has 3 saturated carbocycles. The third-order valence-electron chi connectivity index (χ3n) is 9.40. The third kappa shape index (κ3) is 2.04. The van der Waals surface area contributed by atoms with Crippen LogP contribution in [0.25, 0.3) is 0 Å². The van der Waals surface area contributed by atoms with Gasteiger partial charge in [-0.3, -0.25) is 15.0 Å². The predicted molar refractivity (Wildman–Crippen MR) is 110 cm³/mol. The predicted octanol–water partition coefficient (Wildman–Crippen LogP) is 2.35. The van der Waals surface area contributed by atoms with Crippen molar-refractivity contribution in [3.63, 3.8) is 0 Å². The van der Waals surface area contributed by atoms with Crippen molar-refractivity contribution in [1.29, 1.82) is 0 Å². The van der Waals surface area contributed by atoms with Crippen LogP contribution in [0.4, 0.5) is 4.79 Å². The number of carbonyl (C=O) groups excluding carboxylic acids is 2. The summed E-state index contributed by atoms with van der Waals surface area (Å²) in [5.74, 6) is 2.22. The number of nitrogens with zero attached hydrogens (tertiary/aromatic N) is 1. The first-order chi connectivity index (χ1) is 14.5. The summed E-state index contributed by atoms with van der Waals surface area (Å²) < 4.78 is 5.61. The van der Waals surface area contributed by atoms with E-state index in [0.29, 0.717) is 17.4 Å². The lowest BCUT2D eigenvalue weighted by molar-refractivity contribution is -0.127. The van der Waals surface area contributed by atoms with E-state index in [9.17, 15) is 9.59 Å². The van der Waals surface area contributed by atoms with E-state index in [0.717, 1.165) is 43.8 Å². The summed E-state index contributed by atoms with van der Waals surface area (Å²) in [4.78, 5) is 27.8. The second-order valence-corrected chi connectivity index (χ2v) is 11.0. The fourth-order valence-corrected chi connectivity index (χ4v) is 8.36. The number of imide groups is 1. The molecule has 6 aliphatic rings. The Morgan fingerprint density at radius 2 is 2.07 bits per heavy atom. The van der Waals surface area contributed by atoms with Crippen molar-refractivity contribution in [2.24, 2.45) is 17.3 Å². The molecular weight excluding hydrogens is 378 g/mol. The second-order valence-electron chi connectivity index (χ2n) is 11.0. The molecule has 6 heteroatoms. The van der Waals surface area contributed by atoms with Crippen LogP contribution in [-0.2, 0) is 16.6 Å². The van der Waals surface area contributed by atoms with Gasteiger partial charge in [0, 0.05) is 30.0 Å². The van der Waals surface area contributed by atoms with Gasteiger partial charge in [-0.1, -0.05) is 6.07 Å². The van der Waals surface area contributed by atoms with E-state index in [1.807, 2.05) is 0 Å². The molecule has 30 heavy (non-hydrogen) atoms. The molecule has 1 unspecified atom stereocenters. The number of urea groups is 1. The molecule has 2 aliphatic heterocycles. The largest absolute Gasteiger partial charge is 0.497 e. The van der Waals surface area contributed by atoms with E-state index >= 15 is 0 Å². The Hall–Kier alpha value is -2.08. The molecule has 6 nitrogen and oxygen atoms in total. The van der Waals surface area contributed by atoms with Crippen LogP contribution in [0.3, 0.4) is 0 Å². The van der Waals surface area contributed by atoms with Gasteiger partial charge in [0.15, 0.2) is 0 Å². The second kappa shape index (κ2) is 5.39. The summed E-state index contributed by atoms with van der Waals surface area (Å²) in [6.45, 7) is 2.45. The Kier molecular flexibility index (Phi) is 3.16. The molecule has 2 bridgehead atoms. The molecule has 2 heterocycles. The van der Waals surface area contributed by atoms with Crippen LogP contribution in [0, 0.1) is 17.3 Å². The highest BCUT2D eigenvalue weighted by Crippen LogP contribution is 2.71. The molecular formula is C24H29N3O3. The van der Waals surface area contributed by atoms with Crippen molar-refractivity contribution >= 4 is 11.9 Å². The van der Waals surface area contributed by atoms with Crippen molar-refractivity contribution in [2.45, 2.75) is 61.9 Å². The maximum absolute atomic E-state index is 12.9. The molecule has 1 aromatic rings. The van der Waals surface area contributed by atoms with Gasteiger partial charge in [0.25, 0.3) is 5.91 Å². The van der Waals surface area contributed by atoms with Crippen molar-refractivity contribution in [2.75, 3.05) is 20.2 Å². The fourth-order valence-electron chi connectivity index (χ4n) is 8.36. The minimum absolute atomic E-state index is 0.0572. The molecule has 5 fully saturated rings. The topological polar surface area (TPSA) is 70.7 Å². The van der Waals surface area contributed by atoms with Gasteiger partial charge < -0.3 is 10.1 Å². The quantitative estimate of drug-likeness (QED) is 0.755. The molecule has 7 rings (SSSR count). The van der Waals surface area contributed by atoms with Crippen LogP contribution in [-0.4, -0.2) is 48.6 Å². The number of benzene rings is 1. The number of likely N-dealkylation sites (tertiary alicyclic amines) is 1. The maximum Gasteiger partial charge on any atom is 0.322 e. The van der Waals surface area contributed by atoms with Gasteiger partial charge in [-0.2, -0.15) is 0 Å². The average Bonchev–Trinajstić information content (AvgIpc) is 3.45. The first kappa shape index (κ1) is 17.6. The summed E-state index contributed by atoms with van der Waals surface area (Å²) in [5.41, 5.74) is 2.34. The number of rotatable bonds is 3. The van der Waals surface area contributed by atoms with Gasteiger partial charge in [-0.05, 0) is 80.0 Å². The standard InChI is InChI=1S/C24H29N3O3/c1-30-16-5-4-15-9-22-11-23(18(15)8-16)12-24(20(28)25-21(29)26-24)7-6-17(23)19(22)27(13-22)10-14-2-3-14/h4-5,8,14,17,19H,2-3,6-7,9-13H2,1H3,(H2,25,26,28,29)/t17-,19-,22?,23-,24-/m0/s1. The SMILES string of the molecule is COc1ccc2c(c1)[C@]13CC4(C2)CN(CC2CC2)[C@H]4[C@@H]1CC[C@@]1(C3)NC(=O)NC1=O. The summed E-state index contributed by atoms with van der Waals surface area (Å²) >= 11 is 0. The first-order valence-corrected chi connectivity index (χ1v) is 11.5. The van der Waals surface area contributed by atoms with Crippen LogP contribution in [0.15, 0.2) is 18.2 Å². The molecule has 2 N–H and O–H groups in total. The maximum atomic E-state index is 12.9. The number of methoxy groups -OCH3 is 1. The van der Waals surface area contributed by atoms with E-state index in [4.69, 9.17) is 4.74 Å². The molecule has 2 saturated heterocycles. The van der Waals surface area contributed by atoms with Crippen LogP contribution in [0.2, 0.25) is 0 Å². The number of carbonyl (C=O) groups is 2. The zero-order chi connectivity index (χ0) is 20.3. The Morgan fingerprint density at radius 1 is 1.20 bits per heavy atom. The number of hydrogen-bond donors (Lipinski definition) is 2. The highest BCUT2D eigenvalue weighted by molar-refractivity contribution is 6.07. The van der Waals surface area contributed by atoms with Crippen LogP contribution < -0.4 is 15.4 Å². The molecule has 4 aliphatic carbocycles.